The van der Waals surface area contributed by atoms with Crippen LogP contribution in [0.15, 0.2) is 0 Å². The highest BCUT2D eigenvalue weighted by Crippen LogP contribution is 2.22. The Kier molecular flexibility index (Phi) is 5.60. The normalized spacial score (nSPS) is 25.6. The van der Waals surface area contributed by atoms with Crippen LogP contribution >= 0.6 is 0 Å². The van der Waals surface area contributed by atoms with E-state index in [1.165, 1.54) is 0 Å². The van der Waals surface area contributed by atoms with Gasteiger partial charge in [-0.05, 0) is 25.2 Å². The van der Waals surface area contributed by atoms with E-state index in [4.69, 9.17) is 5.26 Å². The molecule has 0 amide bonds. The molecule has 7 heteroatoms. The molecule has 0 bridgehead atoms. The average Bonchev–Trinajstić information content (AvgIpc) is 2.49. The van der Waals surface area contributed by atoms with E-state index in [0.717, 1.165) is 19.3 Å². The largest absolute Gasteiger partial charge is 0.285 e. The number of nitrogens with zero attached hydrogens (tertiary/aromatic N) is 4. The zero-order chi connectivity index (χ0) is 15.5. The maximum Gasteiger partial charge on any atom is 0.282 e. The van der Waals surface area contributed by atoms with Crippen LogP contribution in [0.1, 0.15) is 33.1 Å². The van der Waals surface area contributed by atoms with Gasteiger partial charge in [-0.25, -0.2) is 0 Å². The molecule has 2 aliphatic heterocycles. The molecular formula is C14H26N4O2S. The third-order valence-electron chi connectivity index (χ3n) is 4.64. The van der Waals surface area contributed by atoms with Gasteiger partial charge in [0.1, 0.15) is 0 Å². The highest BCUT2D eigenvalue weighted by Gasteiger charge is 2.34. The van der Waals surface area contributed by atoms with Crippen molar-refractivity contribution in [3.05, 3.63) is 0 Å². The third kappa shape index (κ3) is 3.75. The Morgan fingerprint density at radius 1 is 1.10 bits per heavy atom. The standard InChI is InChI=1S/C14H26N4O2S/c1-3-14(12-15)16-8-10-18(11-9-16)21(19,20)17-6-4-13(2)5-7-17/h13-14H,3-11H2,1-2H3. The zero-order valence-electron chi connectivity index (χ0n) is 13.0. The van der Waals surface area contributed by atoms with Crippen LogP contribution < -0.4 is 0 Å². The van der Waals surface area contributed by atoms with Gasteiger partial charge in [-0.1, -0.05) is 13.8 Å². The van der Waals surface area contributed by atoms with E-state index in [2.05, 4.69) is 17.9 Å². The van der Waals surface area contributed by atoms with Crippen molar-refractivity contribution in [3.63, 3.8) is 0 Å². The van der Waals surface area contributed by atoms with Crippen LogP contribution in [0.25, 0.3) is 0 Å². The van der Waals surface area contributed by atoms with Gasteiger partial charge in [-0.3, -0.25) is 4.90 Å². The average molecular weight is 314 g/mol. The van der Waals surface area contributed by atoms with Crippen LogP contribution in [0.3, 0.4) is 0 Å². The van der Waals surface area contributed by atoms with Gasteiger partial charge >= 0.3 is 0 Å². The van der Waals surface area contributed by atoms with Crippen LogP contribution in [-0.2, 0) is 10.2 Å². The maximum absolute atomic E-state index is 12.6. The summed E-state index contributed by atoms with van der Waals surface area (Å²) in [6.07, 6.45) is 2.68. The van der Waals surface area contributed by atoms with Gasteiger partial charge in [0.2, 0.25) is 0 Å². The summed E-state index contributed by atoms with van der Waals surface area (Å²) in [6.45, 7) is 7.73. The second kappa shape index (κ2) is 7.05. The molecule has 0 radical (unpaired) electrons. The molecule has 120 valence electrons. The quantitative estimate of drug-likeness (QED) is 0.772. The molecule has 2 rings (SSSR count). The summed E-state index contributed by atoms with van der Waals surface area (Å²) in [5.74, 6) is 0.620. The second-order valence-corrected chi connectivity index (χ2v) is 8.01. The summed E-state index contributed by atoms with van der Waals surface area (Å²) < 4.78 is 28.5. The maximum atomic E-state index is 12.6. The highest BCUT2D eigenvalue weighted by atomic mass is 32.2. The fourth-order valence-corrected chi connectivity index (χ4v) is 4.68. The third-order valence-corrected chi connectivity index (χ3v) is 6.68. The van der Waals surface area contributed by atoms with Crippen LogP contribution in [-0.4, -0.2) is 67.2 Å². The van der Waals surface area contributed by atoms with Crippen molar-refractivity contribution in [2.75, 3.05) is 39.3 Å². The van der Waals surface area contributed by atoms with E-state index in [1.54, 1.807) is 8.61 Å². The summed E-state index contributed by atoms with van der Waals surface area (Å²) in [4.78, 5) is 2.09. The van der Waals surface area contributed by atoms with E-state index in [9.17, 15) is 8.42 Å². The molecule has 2 saturated heterocycles. The first-order valence-electron chi connectivity index (χ1n) is 7.88. The molecule has 1 unspecified atom stereocenters. The van der Waals surface area contributed by atoms with Gasteiger partial charge in [0.05, 0.1) is 12.1 Å². The molecule has 0 spiro atoms. The predicted molar refractivity (Wildman–Crippen MR) is 81.7 cm³/mol. The summed E-state index contributed by atoms with van der Waals surface area (Å²) >= 11 is 0. The van der Waals surface area contributed by atoms with E-state index in [-0.39, 0.29) is 6.04 Å². The zero-order valence-corrected chi connectivity index (χ0v) is 13.8. The summed E-state index contributed by atoms with van der Waals surface area (Å²) in [5.41, 5.74) is 0. The molecule has 2 heterocycles. The van der Waals surface area contributed by atoms with Gasteiger partial charge in [0.15, 0.2) is 0 Å². The first-order chi connectivity index (χ1) is 9.98. The van der Waals surface area contributed by atoms with E-state index < -0.39 is 10.2 Å². The van der Waals surface area contributed by atoms with Crippen molar-refractivity contribution in [2.45, 2.75) is 39.2 Å². The minimum absolute atomic E-state index is 0.0920. The van der Waals surface area contributed by atoms with E-state index in [0.29, 0.717) is 45.2 Å². The van der Waals surface area contributed by atoms with Gasteiger partial charge in [0, 0.05) is 39.3 Å². The Balaban J connectivity index is 1.93. The molecule has 0 aromatic rings. The molecule has 0 aromatic carbocycles. The lowest BCUT2D eigenvalue weighted by molar-refractivity contribution is 0.151. The lowest BCUT2D eigenvalue weighted by atomic mass is 10.0. The molecule has 2 fully saturated rings. The predicted octanol–water partition coefficient (Wildman–Crippen LogP) is 0.883. The minimum atomic E-state index is -3.31. The molecule has 1 atom stereocenters. The lowest BCUT2D eigenvalue weighted by Crippen LogP contribution is -2.55. The smallest absolute Gasteiger partial charge is 0.282 e. The monoisotopic (exact) mass is 314 g/mol. The van der Waals surface area contributed by atoms with Gasteiger partial charge in [0.25, 0.3) is 10.2 Å². The lowest BCUT2D eigenvalue weighted by Gasteiger charge is -2.39. The SMILES string of the molecule is CCC(C#N)N1CCN(S(=O)(=O)N2CCC(C)CC2)CC1. The van der Waals surface area contributed by atoms with Crippen LogP contribution in [0, 0.1) is 17.2 Å². The molecular weight excluding hydrogens is 288 g/mol. The van der Waals surface area contributed by atoms with Crippen molar-refractivity contribution < 1.29 is 8.42 Å². The summed E-state index contributed by atoms with van der Waals surface area (Å²) in [5, 5.41) is 9.10. The number of rotatable bonds is 4. The topological polar surface area (TPSA) is 67.6 Å². The van der Waals surface area contributed by atoms with Crippen molar-refractivity contribution in [3.8, 4) is 6.07 Å². The number of piperazine rings is 1. The first kappa shape index (κ1) is 16.7. The van der Waals surface area contributed by atoms with Gasteiger partial charge < -0.3 is 0 Å². The number of piperidine rings is 1. The van der Waals surface area contributed by atoms with E-state index in [1.807, 2.05) is 6.92 Å². The van der Waals surface area contributed by atoms with Crippen molar-refractivity contribution in [2.24, 2.45) is 5.92 Å². The highest BCUT2D eigenvalue weighted by molar-refractivity contribution is 7.86. The molecule has 21 heavy (non-hydrogen) atoms. The molecule has 0 N–H and O–H groups in total. The Morgan fingerprint density at radius 3 is 2.10 bits per heavy atom. The number of nitriles is 1. The van der Waals surface area contributed by atoms with Crippen LogP contribution in [0.2, 0.25) is 0 Å². The van der Waals surface area contributed by atoms with Crippen LogP contribution in [0.4, 0.5) is 0 Å². The number of hydrogen-bond acceptors (Lipinski definition) is 4. The van der Waals surface area contributed by atoms with Crippen molar-refractivity contribution in [1.82, 2.24) is 13.5 Å². The van der Waals surface area contributed by atoms with E-state index >= 15 is 0 Å². The van der Waals surface area contributed by atoms with Crippen molar-refractivity contribution >= 4 is 10.2 Å². The Hall–Kier alpha value is -0.680. The number of hydrogen-bond donors (Lipinski definition) is 0. The van der Waals surface area contributed by atoms with Gasteiger partial charge in [-0.2, -0.15) is 22.3 Å². The molecule has 0 aliphatic carbocycles. The Morgan fingerprint density at radius 2 is 1.62 bits per heavy atom. The molecule has 2 aliphatic rings. The summed E-state index contributed by atoms with van der Waals surface area (Å²) in [7, 11) is -3.31. The Bertz CT molecular complexity index is 472. The van der Waals surface area contributed by atoms with Crippen LogP contribution in [0.5, 0.6) is 0 Å². The molecule has 0 saturated carbocycles. The molecule has 6 nitrogen and oxygen atoms in total. The fraction of sp³-hybridized carbons (Fsp3) is 0.929. The molecule has 0 aromatic heterocycles. The fourth-order valence-electron chi connectivity index (χ4n) is 3.06. The second-order valence-electron chi connectivity index (χ2n) is 6.08. The first-order valence-corrected chi connectivity index (χ1v) is 9.27. The van der Waals surface area contributed by atoms with Crippen molar-refractivity contribution in [1.29, 1.82) is 5.26 Å². The summed E-state index contributed by atoms with van der Waals surface area (Å²) in [6, 6.07) is 2.20. The minimum Gasteiger partial charge on any atom is -0.285 e. The van der Waals surface area contributed by atoms with Gasteiger partial charge in [-0.15, -0.1) is 0 Å². The Labute approximate surface area is 128 Å².